The van der Waals surface area contributed by atoms with E-state index in [2.05, 4.69) is 53.5 Å². The van der Waals surface area contributed by atoms with Crippen molar-refractivity contribution in [2.24, 2.45) is 10.4 Å². The predicted octanol–water partition coefficient (Wildman–Crippen LogP) is 4.63. The van der Waals surface area contributed by atoms with Crippen molar-refractivity contribution < 1.29 is 0 Å². The molecule has 0 saturated heterocycles. The van der Waals surface area contributed by atoms with E-state index in [0.717, 1.165) is 13.0 Å². The largest absolute Gasteiger partial charge is 0.290 e. The average Bonchev–Trinajstić information content (AvgIpc) is 2.01. The van der Waals surface area contributed by atoms with Gasteiger partial charge in [-0.25, -0.2) is 0 Å². The first-order valence-electron chi connectivity index (χ1n) is 5.95. The molecule has 0 aliphatic rings. The number of aliphatic imine (C=N–C) groups is 1. The summed E-state index contributed by atoms with van der Waals surface area (Å²) in [6, 6.07) is 0. The topological polar surface area (TPSA) is 12.4 Å². The van der Waals surface area contributed by atoms with E-state index >= 15 is 0 Å². The first-order chi connectivity index (χ1) is 6.78. The molecule has 0 aromatic carbocycles. The molecule has 0 unspecified atom stereocenters. The van der Waals surface area contributed by atoms with Gasteiger partial charge in [0.25, 0.3) is 0 Å². The molecule has 0 aliphatic carbocycles. The molecule has 0 atom stereocenters. The van der Waals surface area contributed by atoms with E-state index in [1.165, 1.54) is 23.3 Å². The summed E-state index contributed by atoms with van der Waals surface area (Å²) in [5.74, 6) is 0. The van der Waals surface area contributed by atoms with Crippen LogP contribution < -0.4 is 0 Å². The van der Waals surface area contributed by atoms with Crippen LogP contribution in [0.3, 0.4) is 0 Å². The molecule has 0 heterocycles. The van der Waals surface area contributed by atoms with E-state index in [-0.39, 0.29) is 0 Å². The molecule has 1 heteroatoms. The molecule has 0 saturated carbocycles. The van der Waals surface area contributed by atoms with Gasteiger partial charge in [0.2, 0.25) is 0 Å². The lowest BCUT2D eigenvalue weighted by Crippen LogP contribution is -2.09. The third-order valence-corrected chi connectivity index (χ3v) is 2.56. The first kappa shape index (κ1) is 14.4. The summed E-state index contributed by atoms with van der Waals surface area (Å²) >= 11 is 0. The zero-order valence-electron chi connectivity index (χ0n) is 11.6. The van der Waals surface area contributed by atoms with Crippen LogP contribution in [0.15, 0.2) is 16.1 Å². The number of nitrogens with zero attached hydrogens (tertiary/aromatic N) is 1. The zero-order chi connectivity index (χ0) is 12.1. The quantitative estimate of drug-likeness (QED) is 0.599. The molecule has 1 nitrogen and oxygen atoms in total. The van der Waals surface area contributed by atoms with Gasteiger partial charge >= 0.3 is 0 Å². The maximum atomic E-state index is 4.51. The van der Waals surface area contributed by atoms with Gasteiger partial charge in [0, 0.05) is 12.3 Å². The van der Waals surface area contributed by atoms with E-state index in [1.807, 2.05) is 0 Å². The lowest BCUT2D eigenvalue weighted by atomic mass is 9.87. The number of allylic oxidation sites excluding steroid dienone is 2. The molecule has 0 rings (SSSR count). The fraction of sp³-hybridized carbons (Fsp3) is 0.786. The van der Waals surface area contributed by atoms with E-state index in [9.17, 15) is 0 Å². The lowest BCUT2D eigenvalue weighted by molar-refractivity contribution is 0.379. The van der Waals surface area contributed by atoms with Gasteiger partial charge in [-0.2, -0.15) is 0 Å². The molecular weight excluding hydrogens is 182 g/mol. The first-order valence-corrected chi connectivity index (χ1v) is 5.95. The smallest absolute Gasteiger partial charge is 0.0364 e. The van der Waals surface area contributed by atoms with Crippen LogP contribution in [-0.4, -0.2) is 12.3 Å². The summed E-state index contributed by atoms with van der Waals surface area (Å²) in [7, 11) is 0. The molecule has 15 heavy (non-hydrogen) atoms. The maximum Gasteiger partial charge on any atom is 0.0364 e. The summed E-state index contributed by atoms with van der Waals surface area (Å²) in [5.41, 5.74) is 4.50. The van der Waals surface area contributed by atoms with Gasteiger partial charge in [0.1, 0.15) is 0 Å². The minimum absolute atomic E-state index is 0.410. The molecule has 88 valence electrons. The average molecular weight is 209 g/mol. The molecule has 0 radical (unpaired) electrons. The SMILES string of the molecule is CC/N=C(/C)C(CCC(C)(C)C)=C(C)C. The predicted molar refractivity (Wildman–Crippen MR) is 70.7 cm³/mol. The second kappa shape index (κ2) is 6.09. The van der Waals surface area contributed by atoms with Gasteiger partial charge in [-0.3, -0.25) is 4.99 Å². The van der Waals surface area contributed by atoms with E-state index < -0.39 is 0 Å². The zero-order valence-corrected chi connectivity index (χ0v) is 11.6. The monoisotopic (exact) mass is 209 g/mol. The molecule has 0 bridgehead atoms. The molecule has 0 amide bonds. The minimum Gasteiger partial charge on any atom is -0.290 e. The molecule has 0 spiro atoms. The van der Waals surface area contributed by atoms with Crippen molar-refractivity contribution in [2.45, 2.75) is 61.3 Å². The van der Waals surface area contributed by atoms with Crippen molar-refractivity contribution in [2.75, 3.05) is 6.54 Å². The normalized spacial score (nSPS) is 12.9. The second-order valence-electron chi connectivity index (χ2n) is 5.60. The Kier molecular flexibility index (Phi) is 5.85. The van der Waals surface area contributed by atoms with Crippen molar-refractivity contribution in [3.05, 3.63) is 11.1 Å². The van der Waals surface area contributed by atoms with Crippen molar-refractivity contribution >= 4 is 5.71 Å². The highest BCUT2D eigenvalue weighted by atomic mass is 14.7. The van der Waals surface area contributed by atoms with Gasteiger partial charge in [-0.05, 0) is 51.5 Å². The van der Waals surface area contributed by atoms with Crippen LogP contribution in [0.2, 0.25) is 0 Å². The Morgan fingerprint density at radius 2 is 1.60 bits per heavy atom. The highest BCUT2D eigenvalue weighted by molar-refractivity contribution is 5.98. The minimum atomic E-state index is 0.410. The second-order valence-corrected chi connectivity index (χ2v) is 5.60. The Hall–Kier alpha value is -0.590. The van der Waals surface area contributed by atoms with Crippen LogP contribution in [0, 0.1) is 5.41 Å². The fourth-order valence-corrected chi connectivity index (χ4v) is 1.63. The summed E-state index contributed by atoms with van der Waals surface area (Å²) < 4.78 is 0. The fourth-order valence-electron chi connectivity index (χ4n) is 1.63. The summed E-state index contributed by atoms with van der Waals surface area (Å²) in [4.78, 5) is 4.51. The molecular formula is C14H27N. The third kappa shape index (κ3) is 6.48. The summed E-state index contributed by atoms with van der Waals surface area (Å²) in [6.45, 7) is 16.4. The van der Waals surface area contributed by atoms with Gasteiger partial charge < -0.3 is 0 Å². The van der Waals surface area contributed by atoms with Gasteiger partial charge in [0.05, 0.1) is 0 Å². The highest BCUT2D eigenvalue weighted by Gasteiger charge is 2.12. The van der Waals surface area contributed by atoms with Crippen molar-refractivity contribution in [1.82, 2.24) is 0 Å². The van der Waals surface area contributed by atoms with Crippen LogP contribution in [0.4, 0.5) is 0 Å². The van der Waals surface area contributed by atoms with Crippen LogP contribution in [-0.2, 0) is 0 Å². The Morgan fingerprint density at radius 3 is 1.93 bits per heavy atom. The standard InChI is InChI=1S/C14H27N/c1-8-15-12(4)13(11(2)3)9-10-14(5,6)7/h8-10H2,1-7H3/b15-12-. The van der Waals surface area contributed by atoms with Crippen LogP contribution >= 0.6 is 0 Å². The molecule has 0 aromatic rings. The van der Waals surface area contributed by atoms with E-state index in [4.69, 9.17) is 0 Å². The van der Waals surface area contributed by atoms with Crippen molar-refractivity contribution in [3.63, 3.8) is 0 Å². The molecule has 0 aromatic heterocycles. The van der Waals surface area contributed by atoms with Gasteiger partial charge in [-0.1, -0.05) is 26.3 Å². The molecule has 0 N–H and O–H groups in total. The van der Waals surface area contributed by atoms with Crippen LogP contribution in [0.1, 0.15) is 61.3 Å². The summed E-state index contributed by atoms with van der Waals surface area (Å²) in [5, 5.41) is 0. The van der Waals surface area contributed by atoms with Crippen molar-refractivity contribution in [1.29, 1.82) is 0 Å². The Morgan fingerprint density at radius 1 is 1.07 bits per heavy atom. The number of hydrogen-bond acceptors (Lipinski definition) is 1. The molecule has 0 aliphatic heterocycles. The van der Waals surface area contributed by atoms with Gasteiger partial charge in [0.15, 0.2) is 0 Å². The number of rotatable bonds is 4. The Balaban J connectivity index is 4.60. The number of hydrogen-bond donors (Lipinski definition) is 0. The summed E-state index contributed by atoms with van der Waals surface area (Å²) in [6.07, 6.45) is 2.38. The maximum absolute atomic E-state index is 4.51. The van der Waals surface area contributed by atoms with Crippen molar-refractivity contribution in [3.8, 4) is 0 Å². The Labute approximate surface area is 95.7 Å². The van der Waals surface area contributed by atoms with Crippen LogP contribution in [0.5, 0.6) is 0 Å². The van der Waals surface area contributed by atoms with Crippen LogP contribution in [0.25, 0.3) is 0 Å². The lowest BCUT2D eigenvalue weighted by Gasteiger charge is -2.20. The molecule has 0 fully saturated rings. The van der Waals surface area contributed by atoms with E-state index in [1.54, 1.807) is 0 Å². The Bertz CT molecular complexity index is 247. The van der Waals surface area contributed by atoms with E-state index in [0.29, 0.717) is 5.41 Å². The van der Waals surface area contributed by atoms with Gasteiger partial charge in [-0.15, -0.1) is 0 Å². The highest BCUT2D eigenvalue weighted by Crippen LogP contribution is 2.25. The third-order valence-electron chi connectivity index (χ3n) is 2.56.